The Morgan fingerprint density at radius 3 is 2.56 bits per heavy atom. The van der Waals surface area contributed by atoms with Crippen LogP contribution in [0.4, 0.5) is 13.2 Å². The van der Waals surface area contributed by atoms with Crippen LogP contribution in [0.1, 0.15) is 51.8 Å². The molecule has 1 nitrogen and oxygen atoms in total. The van der Waals surface area contributed by atoms with Gasteiger partial charge in [0.25, 0.3) is 0 Å². The van der Waals surface area contributed by atoms with E-state index >= 15 is 0 Å². The Bertz CT molecular complexity index is 847. The summed E-state index contributed by atoms with van der Waals surface area (Å²) in [7, 11) is 1.93. The summed E-state index contributed by atoms with van der Waals surface area (Å²) in [5.41, 5.74) is 4.97. The molecule has 2 aromatic carbocycles. The third-order valence-electron chi connectivity index (χ3n) is 5.41. The van der Waals surface area contributed by atoms with E-state index in [1.165, 1.54) is 23.3 Å². The third kappa shape index (κ3) is 4.22. The zero-order valence-corrected chi connectivity index (χ0v) is 16.4. The first-order chi connectivity index (χ1) is 12.7. The molecule has 27 heavy (non-hydrogen) atoms. The number of hydrogen-bond donors (Lipinski definition) is 1. The quantitative estimate of drug-likeness (QED) is 0.623. The van der Waals surface area contributed by atoms with Gasteiger partial charge in [-0.25, -0.2) is 0 Å². The van der Waals surface area contributed by atoms with E-state index in [0.29, 0.717) is 11.1 Å². The van der Waals surface area contributed by atoms with Crippen LogP contribution in [0.25, 0.3) is 6.08 Å². The Morgan fingerprint density at radius 1 is 1.19 bits per heavy atom. The van der Waals surface area contributed by atoms with Crippen LogP contribution in [0.3, 0.4) is 0 Å². The predicted molar refractivity (Wildman–Crippen MR) is 105 cm³/mol. The van der Waals surface area contributed by atoms with E-state index < -0.39 is 12.1 Å². The van der Waals surface area contributed by atoms with Gasteiger partial charge in [-0.15, -0.1) is 0 Å². The second kappa shape index (κ2) is 7.69. The van der Waals surface area contributed by atoms with Crippen LogP contribution in [0.2, 0.25) is 5.02 Å². The first-order valence-corrected chi connectivity index (χ1v) is 9.40. The Balaban J connectivity index is 1.92. The lowest BCUT2D eigenvalue weighted by Gasteiger charge is -2.19. The number of alkyl halides is 3. The molecule has 0 fully saturated rings. The Morgan fingerprint density at radius 2 is 1.93 bits per heavy atom. The Kier molecular flexibility index (Phi) is 5.68. The fourth-order valence-electron chi connectivity index (χ4n) is 3.68. The van der Waals surface area contributed by atoms with E-state index in [0.717, 1.165) is 29.5 Å². The lowest BCUT2D eigenvalue weighted by molar-refractivity contribution is -0.139. The van der Waals surface area contributed by atoms with Crippen LogP contribution in [-0.4, -0.2) is 13.2 Å². The number of halogens is 4. The molecule has 0 saturated heterocycles. The van der Waals surface area contributed by atoms with E-state index in [1.807, 2.05) is 32.2 Å². The summed E-state index contributed by atoms with van der Waals surface area (Å²) in [6.45, 7) is 3.59. The molecule has 1 aliphatic carbocycles. The standard InChI is InChI=1S/C22H23ClF3N/c1-13-10-17(12-20(23)14(13)2)19(22(24,25)26)8-5-15-4-7-18-16(11-15)6-9-21(18)27-3/h4-5,7-8,10-12,19,21,27H,6,9H2,1-3H3/b8-5+. The number of nitrogens with one attached hydrogen (secondary N) is 1. The SMILES string of the molecule is CNC1CCc2cc(/C=C/C(c3cc(C)c(C)c(Cl)c3)C(F)(F)F)ccc21. The summed E-state index contributed by atoms with van der Waals surface area (Å²) in [5.74, 6) is -1.69. The highest BCUT2D eigenvalue weighted by atomic mass is 35.5. The zero-order valence-electron chi connectivity index (χ0n) is 15.6. The molecule has 0 bridgehead atoms. The van der Waals surface area contributed by atoms with Crippen LogP contribution < -0.4 is 5.32 Å². The van der Waals surface area contributed by atoms with Crippen LogP contribution >= 0.6 is 11.6 Å². The minimum atomic E-state index is -4.38. The maximum absolute atomic E-state index is 13.7. The number of fused-ring (bicyclic) bond motifs is 1. The van der Waals surface area contributed by atoms with Gasteiger partial charge in [-0.05, 0) is 73.2 Å². The number of rotatable bonds is 4. The highest BCUT2D eigenvalue weighted by Crippen LogP contribution is 2.39. The molecule has 1 aliphatic rings. The molecule has 3 rings (SSSR count). The molecule has 144 valence electrons. The highest BCUT2D eigenvalue weighted by molar-refractivity contribution is 6.31. The molecule has 0 saturated carbocycles. The first-order valence-electron chi connectivity index (χ1n) is 9.02. The molecule has 5 heteroatoms. The fourth-order valence-corrected chi connectivity index (χ4v) is 3.95. The van der Waals surface area contributed by atoms with Crippen molar-refractivity contribution >= 4 is 17.7 Å². The third-order valence-corrected chi connectivity index (χ3v) is 5.81. The molecule has 0 heterocycles. The van der Waals surface area contributed by atoms with Crippen molar-refractivity contribution in [3.63, 3.8) is 0 Å². The molecule has 0 radical (unpaired) electrons. The van der Waals surface area contributed by atoms with Crippen molar-refractivity contribution in [3.05, 3.63) is 74.8 Å². The molecular weight excluding hydrogens is 371 g/mol. The van der Waals surface area contributed by atoms with Crippen LogP contribution in [0.5, 0.6) is 0 Å². The van der Waals surface area contributed by atoms with Gasteiger partial charge in [-0.2, -0.15) is 13.2 Å². The number of hydrogen-bond acceptors (Lipinski definition) is 1. The molecule has 0 amide bonds. The van der Waals surface area contributed by atoms with Crippen LogP contribution in [0.15, 0.2) is 36.4 Å². The van der Waals surface area contributed by atoms with Crippen molar-refractivity contribution in [2.45, 2.75) is 44.8 Å². The molecule has 2 atom stereocenters. The lowest BCUT2D eigenvalue weighted by atomic mass is 9.93. The van der Waals surface area contributed by atoms with E-state index in [4.69, 9.17) is 11.6 Å². The Hall–Kier alpha value is -1.78. The molecule has 2 unspecified atom stereocenters. The van der Waals surface area contributed by atoms with Crippen molar-refractivity contribution < 1.29 is 13.2 Å². The van der Waals surface area contributed by atoms with Gasteiger partial charge in [-0.3, -0.25) is 0 Å². The fraction of sp³-hybridized carbons (Fsp3) is 0.364. The summed E-state index contributed by atoms with van der Waals surface area (Å²) >= 11 is 6.12. The minimum absolute atomic E-state index is 0.170. The van der Waals surface area contributed by atoms with Crippen LogP contribution in [-0.2, 0) is 6.42 Å². The van der Waals surface area contributed by atoms with E-state index in [9.17, 15) is 13.2 Å². The van der Waals surface area contributed by atoms with Crippen molar-refractivity contribution in [1.82, 2.24) is 5.32 Å². The average molecular weight is 394 g/mol. The molecule has 0 aliphatic heterocycles. The topological polar surface area (TPSA) is 12.0 Å². The van der Waals surface area contributed by atoms with Gasteiger partial charge in [0, 0.05) is 11.1 Å². The second-order valence-electron chi connectivity index (χ2n) is 7.16. The largest absolute Gasteiger partial charge is 0.399 e. The summed E-state index contributed by atoms with van der Waals surface area (Å²) in [4.78, 5) is 0. The molecule has 0 aromatic heterocycles. The van der Waals surface area contributed by atoms with Gasteiger partial charge >= 0.3 is 6.18 Å². The zero-order chi connectivity index (χ0) is 19.8. The van der Waals surface area contributed by atoms with Gasteiger partial charge in [-0.1, -0.05) is 48.0 Å². The van der Waals surface area contributed by atoms with Crippen molar-refractivity contribution in [3.8, 4) is 0 Å². The first kappa shape index (κ1) is 20.0. The number of allylic oxidation sites excluding steroid dienone is 1. The van der Waals surface area contributed by atoms with Gasteiger partial charge in [0.15, 0.2) is 0 Å². The normalized spacial score (nSPS) is 18.1. The summed E-state index contributed by atoms with van der Waals surface area (Å²) in [6, 6.07) is 9.21. The summed E-state index contributed by atoms with van der Waals surface area (Å²) in [6.07, 6.45) is 0.375. The van der Waals surface area contributed by atoms with Crippen LogP contribution in [0, 0.1) is 13.8 Å². The second-order valence-corrected chi connectivity index (χ2v) is 7.57. The maximum atomic E-state index is 13.7. The van der Waals surface area contributed by atoms with Gasteiger partial charge in [0.05, 0.1) is 5.92 Å². The van der Waals surface area contributed by atoms with Crippen molar-refractivity contribution in [1.29, 1.82) is 0 Å². The van der Waals surface area contributed by atoms with Gasteiger partial charge in [0.1, 0.15) is 0 Å². The summed E-state index contributed by atoms with van der Waals surface area (Å²) in [5, 5.41) is 3.63. The van der Waals surface area contributed by atoms with E-state index in [1.54, 1.807) is 19.1 Å². The lowest BCUT2D eigenvalue weighted by Crippen LogP contribution is -2.19. The number of benzene rings is 2. The van der Waals surface area contributed by atoms with Crippen molar-refractivity contribution in [2.75, 3.05) is 7.05 Å². The molecule has 0 spiro atoms. The van der Waals surface area contributed by atoms with E-state index in [-0.39, 0.29) is 5.56 Å². The molecule has 1 N–H and O–H groups in total. The Labute approximate surface area is 163 Å². The maximum Gasteiger partial charge on any atom is 0.399 e. The molecule has 2 aromatic rings. The van der Waals surface area contributed by atoms with Gasteiger partial charge in [0.2, 0.25) is 0 Å². The molecular formula is C22H23ClF3N. The predicted octanol–water partition coefficient (Wildman–Crippen LogP) is 6.52. The van der Waals surface area contributed by atoms with Crippen molar-refractivity contribution in [2.24, 2.45) is 0 Å². The van der Waals surface area contributed by atoms with Gasteiger partial charge < -0.3 is 5.32 Å². The summed E-state index contributed by atoms with van der Waals surface area (Å²) < 4.78 is 41.1. The average Bonchev–Trinajstić information content (AvgIpc) is 3.01. The minimum Gasteiger partial charge on any atom is -0.313 e. The van der Waals surface area contributed by atoms with E-state index in [2.05, 4.69) is 5.32 Å². The number of aryl methyl sites for hydroxylation is 2. The smallest absolute Gasteiger partial charge is 0.313 e. The monoisotopic (exact) mass is 393 g/mol. The highest BCUT2D eigenvalue weighted by Gasteiger charge is 2.39.